The number of hydrogen-bond acceptors (Lipinski definition) is 4. The highest BCUT2D eigenvalue weighted by Gasteiger charge is 2.25. The van der Waals surface area contributed by atoms with Crippen molar-refractivity contribution in [3.05, 3.63) is 29.3 Å². The third-order valence-corrected chi connectivity index (χ3v) is 3.92. The zero-order valence-electron chi connectivity index (χ0n) is 11.9. The van der Waals surface area contributed by atoms with Crippen molar-refractivity contribution in [1.29, 1.82) is 0 Å². The zero-order chi connectivity index (χ0) is 14.7. The molecule has 1 N–H and O–H groups in total. The van der Waals surface area contributed by atoms with Gasteiger partial charge in [0.15, 0.2) is 12.7 Å². The summed E-state index contributed by atoms with van der Waals surface area (Å²) in [6.45, 7) is 0.316. The van der Waals surface area contributed by atoms with Gasteiger partial charge in [-0.05, 0) is 55.4 Å². The van der Waals surface area contributed by atoms with Gasteiger partial charge in [0.05, 0.1) is 0 Å². The molecule has 1 aliphatic carbocycles. The van der Waals surface area contributed by atoms with E-state index in [9.17, 15) is 9.59 Å². The number of hydrogen-bond donors (Lipinski definition) is 1. The summed E-state index contributed by atoms with van der Waals surface area (Å²) in [7, 11) is 0. The van der Waals surface area contributed by atoms with E-state index in [1.54, 1.807) is 0 Å². The molecule has 3 rings (SSSR count). The minimum atomic E-state index is -0.502. The van der Waals surface area contributed by atoms with Crippen LogP contribution in [0.25, 0.3) is 0 Å². The van der Waals surface area contributed by atoms with Gasteiger partial charge in [-0.3, -0.25) is 4.79 Å². The van der Waals surface area contributed by atoms with Crippen molar-refractivity contribution in [3.63, 3.8) is 0 Å². The van der Waals surface area contributed by atoms with Crippen molar-refractivity contribution in [2.75, 3.05) is 18.5 Å². The Hall–Kier alpha value is -1.88. The molecule has 0 radical (unpaired) electrons. The summed E-state index contributed by atoms with van der Waals surface area (Å²) in [6, 6.07) is 5.95. The Bertz CT molecular complexity index is 549. The van der Waals surface area contributed by atoms with Crippen molar-refractivity contribution < 1.29 is 19.1 Å². The number of fused-ring (bicyclic) bond motifs is 1. The molecule has 21 heavy (non-hydrogen) atoms. The number of benzene rings is 1. The largest absolute Gasteiger partial charge is 0.454 e. The molecule has 5 heteroatoms. The molecule has 1 saturated heterocycles. The SMILES string of the molecule is O=C(COC(=O)[C@H]1CCCO1)Nc1ccc2c(c1)CCC2. The van der Waals surface area contributed by atoms with Crippen LogP contribution in [0, 0.1) is 0 Å². The quantitative estimate of drug-likeness (QED) is 0.859. The van der Waals surface area contributed by atoms with Crippen molar-refractivity contribution in [2.45, 2.75) is 38.2 Å². The molecule has 0 spiro atoms. The maximum absolute atomic E-state index is 11.8. The Labute approximate surface area is 123 Å². The van der Waals surface area contributed by atoms with E-state index >= 15 is 0 Å². The first kappa shape index (κ1) is 14.1. The highest BCUT2D eigenvalue weighted by Crippen LogP contribution is 2.24. The first-order chi connectivity index (χ1) is 10.2. The van der Waals surface area contributed by atoms with Crippen molar-refractivity contribution in [2.24, 2.45) is 0 Å². The van der Waals surface area contributed by atoms with Gasteiger partial charge in [0.2, 0.25) is 0 Å². The average molecular weight is 289 g/mol. The molecule has 112 valence electrons. The van der Waals surface area contributed by atoms with E-state index in [1.165, 1.54) is 17.5 Å². The number of ether oxygens (including phenoxy) is 2. The lowest BCUT2D eigenvalue weighted by Gasteiger charge is -2.10. The fourth-order valence-electron chi connectivity index (χ4n) is 2.84. The summed E-state index contributed by atoms with van der Waals surface area (Å²) in [6.07, 6.45) is 4.38. The molecular formula is C16H19NO4. The van der Waals surface area contributed by atoms with Crippen molar-refractivity contribution in [1.82, 2.24) is 0 Å². The summed E-state index contributed by atoms with van der Waals surface area (Å²) in [5.41, 5.74) is 3.41. The maximum Gasteiger partial charge on any atom is 0.335 e. The lowest BCUT2D eigenvalue weighted by molar-refractivity contribution is -0.156. The first-order valence-corrected chi connectivity index (χ1v) is 7.42. The topological polar surface area (TPSA) is 64.6 Å². The van der Waals surface area contributed by atoms with E-state index in [4.69, 9.17) is 9.47 Å². The fraction of sp³-hybridized carbons (Fsp3) is 0.500. The van der Waals surface area contributed by atoms with Gasteiger partial charge in [-0.15, -0.1) is 0 Å². The van der Waals surface area contributed by atoms with Crippen LogP contribution in [-0.4, -0.2) is 31.2 Å². The predicted octanol–water partition coefficient (Wildman–Crippen LogP) is 1.84. The first-order valence-electron chi connectivity index (χ1n) is 7.42. The molecule has 0 bridgehead atoms. The fourth-order valence-corrected chi connectivity index (χ4v) is 2.84. The second-order valence-corrected chi connectivity index (χ2v) is 5.49. The standard InChI is InChI=1S/C16H19NO4/c18-15(10-21-16(19)14-5-2-8-20-14)17-13-7-6-11-3-1-4-12(11)9-13/h6-7,9,14H,1-5,8,10H2,(H,17,18)/t14-/m1/s1. The molecule has 0 aromatic heterocycles. The van der Waals surface area contributed by atoms with Crippen LogP contribution in [0.15, 0.2) is 18.2 Å². The monoisotopic (exact) mass is 289 g/mol. The lowest BCUT2D eigenvalue weighted by atomic mass is 10.1. The minimum Gasteiger partial charge on any atom is -0.454 e. The smallest absolute Gasteiger partial charge is 0.335 e. The second-order valence-electron chi connectivity index (χ2n) is 5.49. The van der Waals surface area contributed by atoms with E-state index in [1.807, 2.05) is 12.1 Å². The summed E-state index contributed by atoms with van der Waals surface area (Å²) < 4.78 is 10.2. The van der Waals surface area contributed by atoms with Crippen LogP contribution in [0.3, 0.4) is 0 Å². The van der Waals surface area contributed by atoms with E-state index in [2.05, 4.69) is 11.4 Å². The van der Waals surface area contributed by atoms with E-state index < -0.39 is 12.1 Å². The number of rotatable bonds is 4. The van der Waals surface area contributed by atoms with E-state index in [0.717, 1.165) is 24.9 Å². The third kappa shape index (κ3) is 3.42. The number of anilines is 1. The van der Waals surface area contributed by atoms with Gasteiger partial charge in [-0.25, -0.2) is 4.79 Å². The molecule has 1 fully saturated rings. The summed E-state index contributed by atoms with van der Waals surface area (Å²) in [4.78, 5) is 23.4. The normalized spacial score (nSPS) is 20.1. The summed E-state index contributed by atoms with van der Waals surface area (Å²) in [5.74, 6) is -0.768. The van der Waals surface area contributed by atoms with Gasteiger partial charge in [0.1, 0.15) is 0 Å². The minimum absolute atomic E-state index is 0.268. The number of carbonyl (C=O) groups is 2. The van der Waals surface area contributed by atoms with Crippen LogP contribution in [0.5, 0.6) is 0 Å². The molecule has 1 atom stereocenters. The van der Waals surface area contributed by atoms with Crippen LogP contribution in [0.4, 0.5) is 5.69 Å². The lowest BCUT2D eigenvalue weighted by Crippen LogP contribution is -2.27. The Morgan fingerprint density at radius 1 is 1.24 bits per heavy atom. The maximum atomic E-state index is 11.8. The van der Waals surface area contributed by atoms with Gasteiger partial charge in [-0.2, -0.15) is 0 Å². The Morgan fingerprint density at radius 2 is 2.10 bits per heavy atom. The Balaban J connectivity index is 1.48. The molecule has 0 saturated carbocycles. The zero-order valence-corrected chi connectivity index (χ0v) is 11.9. The van der Waals surface area contributed by atoms with Crippen molar-refractivity contribution >= 4 is 17.6 Å². The van der Waals surface area contributed by atoms with Gasteiger partial charge < -0.3 is 14.8 Å². The predicted molar refractivity (Wildman–Crippen MR) is 77.0 cm³/mol. The summed E-state index contributed by atoms with van der Waals surface area (Å²) in [5, 5.41) is 2.76. The molecule has 0 unspecified atom stereocenters. The van der Waals surface area contributed by atoms with Crippen LogP contribution in [0.1, 0.15) is 30.4 Å². The molecule has 1 aromatic carbocycles. The van der Waals surface area contributed by atoms with Gasteiger partial charge in [-0.1, -0.05) is 6.07 Å². The number of amides is 1. The van der Waals surface area contributed by atoms with Crippen LogP contribution in [-0.2, 0) is 31.9 Å². The number of nitrogens with one attached hydrogen (secondary N) is 1. The van der Waals surface area contributed by atoms with E-state index in [0.29, 0.717) is 13.0 Å². The van der Waals surface area contributed by atoms with Gasteiger partial charge in [0.25, 0.3) is 5.91 Å². The highest BCUT2D eigenvalue weighted by atomic mass is 16.6. The van der Waals surface area contributed by atoms with Gasteiger partial charge >= 0.3 is 5.97 Å². The molecule has 5 nitrogen and oxygen atoms in total. The number of aryl methyl sites for hydroxylation is 2. The Morgan fingerprint density at radius 3 is 2.90 bits per heavy atom. The Kier molecular flexibility index (Phi) is 4.20. The summed E-state index contributed by atoms with van der Waals surface area (Å²) >= 11 is 0. The van der Waals surface area contributed by atoms with Crippen LogP contribution < -0.4 is 5.32 Å². The average Bonchev–Trinajstić information content (AvgIpc) is 3.15. The molecule has 1 aromatic rings. The molecule has 1 aliphatic heterocycles. The second kappa shape index (κ2) is 6.26. The van der Waals surface area contributed by atoms with E-state index in [-0.39, 0.29) is 12.5 Å². The molecule has 1 heterocycles. The van der Waals surface area contributed by atoms with Crippen LogP contribution >= 0.6 is 0 Å². The molecule has 1 amide bonds. The number of esters is 1. The van der Waals surface area contributed by atoms with Gasteiger partial charge in [0, 0.05) is 12.3 Å². The molecular weight excluding hydrogens is 270 g/mol. The highest BCUT2D eigenvalue weighted by molar-refractivity contribution is 5.93. The van der Waals surface area contributed by atoms with Crippen molar-refractivity contribution in [3.8, 4) is 0 Å². The number of carbonyl (C=O) groups excluding carboxylic acids is 2. The van der Waals surface area contributed by atoms with Crippen LogP contribution in [0.2, 0.25) is 0 Å². The third-order valence-electron chi connectivity index (χ3n) is 3.92. The molecule has 2 aliphatic rings.